The molecule has 0 saturated carbocycles. The Morgan fingerprint density at radius 2 is 1.95 bits per heavy atom. The summed E-state index contributed by atoms with van der Waals surface area (Å²) >= 11 is 6.90. The van der Waals surface area contributed by atoms with Crippen LogP contribution in [0, 0.1) is 15.9 Å². The highest BCUT2D eigenvalue weighted by Gasteiger charge is 2.16. The third kappa shape index (κ3) is 4.44. The van der Waals surface area contributed by atoms with E-state index in [0.29, 0.717) is 0 Å². The standard InChI is InChI=1S/C14H10ClFN2O3S/c15-9-1-6-12(13(7-9)18(20)21)17-14(19)8-22-11-4-2-10(16)3-5-11/h1-7H,8H2,(H,17,19). The number of thioether (sulfide) groups is 1. The number of nitro benzene ring substituents is 1. The van der Waals surface area contributed by atoms with Crippen molar-refractivity contribution in [1.29, 1.82) is 0 Å². The molecular formula is C14H10ClFN2O3S. The van der Waals surface area contributed by atoms with E-state index in [1.165, 1.54) is 42.1 Å². The molecule has 0 bridgehead atoms. The average molecular weight is 341 g/mol. The number of benzene rings is 2. The Labute approximate surface area is 134 Å². The lowest BCUT2D eigenvalue weighted by Crippen LogP contribution is -2.15. The van der Waals surface area contributed by atoms with Gasteiger partial charge in [0.1, 0.15) is 11.5 Å². The Morgan fingerprint density at radius 1 is 1.27 bits per heavy atom. The maximum atomic E-state index is 12.8. The van der Waals surface area contributed by atoms with Gasteiger partial charge in [-0.05, 0) is 36.4 Å². The number of hydrogen-bond donors (Lipinski definition) is 1. The van der Waals surface area contributed by atoms with Gasteiger partial charge in [0.05, 0.1) is 10.7 Å². The molecule has 1 N–H and O–H groups in total. The normalized spacial score (nSPS) is 10.3. The lowest BCUT2D eigenvalue weighted by Gasteiger charge is -2.06. The predicted octanol–water partition coefficient (Wildman–Crippen LogP) is 4.12. The average Bonchev–Trinajstić information content (AvgIpc) is 2.48. The van der Waals surface area contributed by atoms with Gasteiger partial charge in [-0.1, -0.05) is 11.6 Å². The molecule has 1 amide bonds. The van der Waals surface area contributed by atoms with Crippen LogP contribution in [0.3, 0.4) is 0 Å². The van der Waals surface area contributed by atoms with E-state index >= 15 is 0 Å². The van der Waals surface area contributed by atoms with Crippen molar-refractivity contribution in [3.8, 4) is 0 Å². The first-order chi connectivity index (χ1) is 10.5. The zero-order valence-electron chi connectivity index (χ0n) is 11.1. The van der Waals surface area contributed by atoms with Crippen LogP contribution in [0.5, 0.6) is 0 Å². The molecule has 22 heavy (non-hydrogen) atoms. The van der Waals surface area contributed by atoms with Gasteiger partial charge in [0.15, 0.2) is 0 Å². The van der Waals surface area contributed by atoms with Gasteiger partial charge >= 0.3 is 0 Å². The largest absolute Gasteiger partial charge is 0.320 e. The highest BCUT2D eigenvalue weighted by atomic mass is 35.5. The maximum absolute atomic E-state index is 12.8. The summed E-state index contributed by atoms with van der Waals surface area (Å²) < 4.78 is 12.8. The molecule has 0 heterocycles. The number of nitrogens with one attached hydrogen (secondary N) is 1. The smallest absolute Gasteiger partial charge is 0.294 e. The summed E-state index contributed by atoms with van der Waals surface area (Å²) in [4.78, 5) is 22.9. The van der Waals surface area contributed by atoms with Crippen molar-refractivity contribution < 1.29 is 14.1 Å². The van der Waals surface area contributed by atoms with E-state index in [9.17, 15) is 19.3 Å². The van der Waals surface area contributed by atoms with Crippen LogP contribution in [0.4, 0.5) is 15.8 Å². The van der Waals surface area contributed by atoms with Crippen LogP contribution in [0.2, 0.25) is 5.02 Å². The number of carbonyl (C=O) groups is 1. The Hall–Kier alpha value is -2.12. The minimum atomic E-state index is -0.616. The Kier molecular flexibility index (Phi) is 5.35. The summed E-state index contributed by atoms with van der Waals surface area (Å²) in [6.07, 6.45) is 0. The van der Waals surface area contributed by atoms with Crippen LogP contribution in [-0.4, -0.2) is 16.6 Å². The highest BCUT2D eigenvalue weighted by Crippen LogP contribution is 2.28. The first-order valence-electron chi connectivity index (χ1n) is 6.08. The molecule has 0 aromatic heterocycles. The fraction of sp³-hybridized carbons (Fsp3) is 0.0714. The van der Waals surface area contributed by atoms with Crippen LogP contribution in [0.1, 0.15) is 0 Å². The van der Waals surface area contributed by atoms with Crippen molar-refractivity contribution in [3.63, 3.8) is 0 Å². The minimum absolute atomic E-state index is 0.0470. The van der Waals surface area contributed by atoms with Gasteiger partial charge in [0.2, 0.25) is 5.91 Å². The molecule has 0 aliphatic heterocycles. The molecule has 8 heteroatoms. The van der Waals surface area contributed by atoms with Crippen LogP contribution in [0.25, 0.3) is 0 Å². The van der Waals surface area contributed by atoms with Crippen molar-refractivity contribution in [2.75, 3.05) is 11.1 Å². The van der Waals surface area contributed by atoms with Crippen molar-refractivity contribution in [3.05, 3.63) is 63.4 Å². The molecule has 2 aromatic rings. The molecule has 0 unspecified atom stereocenters. The molecule has 5 nitrogen and oxygen atoms in total. The van der Waals surface area contributed by atoms with Crippen LogP contribution >= 0.6 is 23.4 Å². The fourth-order valence-corrected chi connectivity index (χ4v) is 2.49. The quantitative estimate of drug-likeness (QED) is 0.505. The van der Waals surface area contributed by atoms with Gasteiger partial charge in [0, 0.05) is 16.0 Å². The molecule has 2 aromatic carbocycles. The van der Waals surface area contributed by atoms with Crippen molar-refractivity contribution in [2.24, 2.45) is 0 Å². The summed E-state index contributed by atoms with van der Waals surface area (Å²) in [6, 6.07) is 9.70. The van der Waals surface area contributed by atoms with Gasteiger partial charge in [0.25, 0.3) is 5.69 Å². The monoisotopic (exact) mass is 340 g/mol. The first-order valence-corrected chi connectivity index (χ1v) is 7.44. The Balaban J connectivity index is 2.00. The second kappa shape index (κ2) is 7.24. The Morgan fingerprint density at radius 3 is 2.59 bits per heavy atom. The summed E-state index contributed by atoms with van der Waals surface area (Å²) in [5, 5.41) is 13.6. The summed E-state index contributed by atoms with van der Waals surface area (Å²) in [5.74, 6) is -0.712. The van der Waals surface area contributed by atoms with Crippen LogP contribution < -0.4 is 5.32 Å². The number of rotatable bonds is 5. The molecule has 0 spiro atoms. The summed E-state index contributed by atoms with van der Waals surface area (Å²) in [6.45, 7) is 0. The van der Waals surface area contributed by atoms with Gasteiger partial charge in [-0.15, -0.1) is 11.8 Å². The first kappa shape index (κ1) is 16.3. The van der Waals surface area contributed by atoms with E-state index < -0.39 is 10.8 Å². The zero-order valence-corrected chi connectivity index (χ0v) is 12.7. The summed E-state index contributed by atoms with van der Waals surface area (Å²) in [5.41, 5.74) is -0.188. The minimum Gasteiger partial charge on any atom is -0.320 e. The van der Waals surface area contributed by atoms with Crippen molar-refractivity contribution in [1.82, 2.24) is 0 Å². The fourth-order valence-electron chi connectivity index (χ4n) is 1.63. The van der Waals surface area contributed by atoms with Crippen molar-refractivity contribution >= 4 is 40.6 Å². The molecule has 0 aliphatic rings. The maximum Gasteiger partial charge on any atom is 0.294 e. The molecule has 0 radical (unpaired) electrons. The predicted molar refractivity (Wildman–Crippen MR) is 83.9 cm³/mol. The van der Waals surface area contributed by atoms with E-state index in [1.807, 2.05) is 0 Å². The molecule has 0 atom stereocenters. The zero-order chi connectivity index (χ0) is 16.1. The number of nitro groups is 1. The molecule has 0 saturated heterocycles. The van der Waals surface area contributed by atoms with E-state index in [1.54, 1.807) is 12.1 Å². The third-order valence-electron chi connectivity index (χ3n) is 2.61. The topological polar surface area (TPSA) is 72.2 Å². The van der Waals surface area contributed by atoms with Crippen LogP contribution in [-0.2, 0) is 4.79 Å². The van der Waals surface area contributed by atoms with Crippen molar-refractivity contribution in [2.45, 2.75) is 4.90 Å². The molecular weight excluding hydrogens is 331 g/mol. The molecule has 2 rings (SSSR count). The highest BCUT2D eigenvalue weighted by molar-refractivity contribution is 8.00. The third-order valence-corrected chi connectivity index (χ3v) is 3.86. The van der Waals surface area contributed by atoms with E-state index in [4.69, 9.17) is 11.6 Å². The lowest BCUT2D eigenvalue weighted by molar-refractivity contribution is -0.383. The van der Waals surface area contributed by atoms with Gasteiger partial charge < -0.3 is 5.32 Å². The van der Waals surface area contributed by atoms with Gasteiger partial charge in [-0.3, -0.25) is 14.9 Å². The lowest BCUT2D eigenvalue weighted by atomic mass is 10.2. The molecule has 114 valence electrons. The number of amides is 1. The molecule has 0 fully saturated rings. The second-order valence-corrected chi connectivity index (χ2v) is 5.69. The number of nitrogens with zero attached hydrogens (tertiary/aromatic N) is 1. The van der Waals surface area contributed by atoms with E-state index in [-0.39, 0.29) is 28.0 Å². The number of hydrogen-bond acceptors (Lipinski definition) is 4. The van der Waals surface area contributed by atoms with Gasteiger partial charge in [-0.25, -0.2) is 4.39 Å². The van der Waals surface area contributed by atoms with Gasteiger partial charge in [-0.2, -0.15) is 0 Å². The summed E-state index contributed by atoms with van der Waals surface area (Å²) in [7, 11) is 0. The second-order valence-electron chi connectivity index (χ2n) is 4.21. The molecule has 0 aliphatic carbocycles. The Bertz CT molecular complexity index is 710. The number of carbonyl (C=O) groups excluding carboxylic acids is 1. The van der Waals surface area contributed by atoms with Crippen LogP contribution in [0.15, 0.2) is 47.4 Å². The van der Waals surface area contributed by atoms with E-state index in [2.05, 4.69) is 5.32 Å². The SMILES string of the molecule is O=C(CSc1ccc(F)cc1)Nc1ccc(Cl)cc1[N+](=O)[O-]. The number of anilines is 1. The number of halogens is 2. The van der Waals surface area contributed by atoms with E-state index in [0.717, 1.165) is 4.90 Å².